The molecule has 1 aliphatic rings. The van der Waals surface area contributed by atoms with Crippen LogP contribution in [0.25, 0.3) is 22.5 Å². The standard InChI is InChI=1S/C18H22N8O2S/c1-18(19)21-9-13(10-22-18)11-5-7-12(8-6-11)14-3-2-4-15(29(20,27)28)16(14)17-23-25-26-24-17/h2-8,13,21-22H,9-10,19H2,1H3,(H2,20,27,28)(H,23,24,25,26). The first-order valence-electron chi connectivity index (χ1n) is 9.03. The molecule has 2 heterocycles. The highest BCUT2D eigenvalue weighted by molar-refractivity contribution is 7.89. The summed E-state index contributed by atoms with van der Waals surface area (Å²) in [5.74, 6) is -0.130. The summed E-state index contributed by atoms with van der Waals surface area (Å²) in [5.41, 5.74) is 8.96. The molecule has 3 aromatic rings. The molecule has 7 N–H and O–H groups in total. The van der Waals surface area contributed by atoms with Gasteiger partial charge in [-0.15, -0.1) is 10.2 Å². The van der Waals surface area contributed by atoms with E-state index in [1.807, 2.05) is 31.2 Å². The molecular weight excluding hydrogens is 392 g/mol. The predicted molar refractivity (Wildman–Crippen MR) is 108 cm³/mol. The smallest absolute Gasteiger partial charge is 0.238 e. The fourth-order valence-corrected chi connectivity index (χ4v) is 4.24. The Bertz CT molecular complexity index is 1100. The van der Waals surface area contributed by atoms with E-state index in [1.54, 1.807) is 12.1 Å². The summed E-state index contributed by atoms with van der Waals surface area (Å²) in [6, 6.07) is 12.8. The maximum Gasteiger partial charge on any atom is 0.238 e. The van der Waals surface area contributed by atoms with Crippen molar-refractivity contribution in [3.05, 3.63) is 48.0 Å². The van der Waals surface area contributed by atoms with Gasteiger partial charge in [0.1, 0.15) is 5.79 Å². The number of nitrogens with zero attached hydrogens (tertiary/aromatic N) is 3. The number of tetrazole rings is 1. The third-order valence-corrected chi connectivity index (χ3v) is 5.98. The highest BCUT2D eigenvalue weighted by atomic mass is 32.2. The highest BCUT2D eigenvalue weighted by Gasteiger charge is 2.27. The van der Waals surface area contributed by atoms with Crippen LogP contribution >= 0.6 is 0 Å². The number of hydrogen-bond acceptors (Lipinski definition) is 8. The van der Waals surface area contributed by atoms with Crippen LogP contribution in [0.15, 0.2) is 47.4 Å². The van der Waals surface area contributed by atoms with Gasteiger partial charge in [0.15, 0.2) is 0 Å². The summed E-state index contributed by atoms with van der Waals surface area (Å²) in [5, 5.41) is 25.8. The van der Waals surface area contributed by atoms with E-state index in [-0.39, 0.29) is 16.6 Å². The minimum absolute atomic E-state index is 0.0524. The molecule has 0 radical (unpaired) electrons. The first-order chi connectivity index (χ1) is 13.7. The van der Waals surface area contributed by atoms with Gasteiger partial charge in [-0.25, -0.2) is 13.6 Å². The van der Waals surface area contributed by atoms with Gasteiger partial charge in [0.25, 0.3) is 0 Å². The summed E-state index contributed by atoms with van der Waals surface area (Å²) in [7, 11) is -3.98. The molecule has 0 bridgehead atoms. The van der Waals surface area contributed by atoms with Crippen molar-refractivity contribution in [1.29, 1.82) is 0 Å². The van der Waals surface area contributed by atoms with Gasteiger partial charge in [-0.1, -0.05) is 36.4 Å². The third-order valence-electron chi connectivity index (χ3n) is 5.03. The first kappa shape index (κ1) is 19.6. The number of aromatic amines is 1. The summed E-state index contributed by atoms with van der Waals surface area (Å²) < 4.78 is 24.2. The van der Waals surface area contributed by atoms with Crippen LogP contribution in [0.2, 0.25) is 0 Å². The second kappa shape index (κ2) is 7.28. The molecule has 2 aromatic carbocycles. The lowest BCUT2D eigenvalue weighted by atomic mass is 9.93. The van der Waals surface area contributed by atoms with Crippen LogP contribution in [0.4, 0.5) is 0 Å². The zero-order chi connectivity index (χ0) is 20.6. The quantitative estimate of drug-likeness (QED) is 0.401. The highest BCUT2D eigenvalue weighted by Crippen LogP contribution is 2.35. The lowest BCUT2D eigenvalue weighted by Crippen LogP contribution is -2.66. The van der Waals surface area contributed by atoms with Gasteiger partial charge in [-0.2, -0.15) is 5.21 Å². The average Bonchev–Trinajstić information content (AvgIpc) is 3.21. The molecule has 1 aromatic heterocycles. The van der Waals surface area contributed by atoms with Gasteiger partial charge in [0.05, 0.1) is 10.5 Å². The molecule has 0 atom stereocenters. The second-order valence-electron chi connectivity index (χ2n) is 7.24. The van der Waals surface area contributed by atoms with Gasteiger partial charge < -0.3 is 5.73 Å². The maximum absolute atomic E-state index is 12.1. The first-order valence-corrected chi connectivity index (χ1v) is 10.6. The number of benzene rings is 2. The van der Waals surface area contributed by atoms with Gasteiger partial charge in [0.2, 0.25) is 15.8 Å². The topological polar surface area (TPSA) is 165 Å². The second-order valence-corrected chi connectivity index (χ2v) is 8.77. The van der Waals surface area contributed by atoms with Crippen molar-refractivity contribution in [3.63, 3.8) is 0 Å². The van der Waals surface area contributed by atoms with Crippen LogP contribution in [0.1, 0.15) is 18.4 Å². The van der Waals surface area contributed by atoms with E-state index in [2.05, 4.69) is 31.3 Å². The molecule has 0 amide bonds. The molecule has 0 unspecified atom stereocenters. The Morgan fingerprint density at radius 2 is 1.79 bits per heavy atom. The van der Waals surface area contributed by atoms with E-state index in [4.69, 9.17) is 10.9 Å². The van der Waals surface area contributed by atoms with Gasteiger partial charge in [-0.05, 0) is 34.9 Å². The van der Waals surface area contributed by atoms with E-state index in [1.165, 1.54) is 6.07 Å². The SMILES string of the molecule is CC1(N)NCC(c2ccc(-c3cccc(S(N)(=O)=O)c3-c3nn[nH]n3)cc2)CN1. The molecule has 1 fully saturated rings. The van der Waals surface area contributed by atoms with Crippen molar-refractivity contribution in [1.82, 2.24) is 31.3 Å². The monoisotopic (exact) mass is 414 g/mol. The van der Waals surface area contributed by atoms with Crippen LogP contribution in [0, 0.1) is 0 Å². The number of nitrogens with one attached hydrogen (secondary N) is 3. The third kappa shape index (κ3) is 4.04. The molecular formula is C18H22N8O2S. The van der Waals surface area contributed by atoms with E-state index >= 15 is 0 Å². The Morgan fingerprint density at radius 1 is 1.10 bits per heavy atom. The fourth-order valence-electron chi connectivity index (χ4n) is 3.48. The number of nitrogens with two attached hydrogens (primary N) is 2. The minimum Gasteiger partial charge on any atom is -0.301 e. The Hall–Kier alpha value is -2.70. The van der Waals surface area contributed by atoms with Gasteiger partial charge in [-0.3, -0.25) is 10.6 Å². The van der Waals surface area contributed by atoms with Crippen LogP contribution < -0.4 is 21.5 Å². The Balaban J connectivity index is 1.72. The number of sulfonamides is 1. The van der Waals surface area contributed by atoms with Crippen molar-refractivity contribution >= 4 is 10.0 Å². The molecule has 0 aliphatic carbocycles. The van der Waals surface area contributed by atoms with E-state index < -0.39 is 15.8 Å². The molecule has 1 saturated heterocycles. The lowest BCUT2D eigenvalue weighted by molar-refractivity contribution is 0.235. The number of primary sulfonamides is 1. The molecule has 29 heavy (non-hydrogen) atoms. The summed E-state index contributed by atoms with van der Waals surface area (Å²) >= 11 is 0. The van der Waals surface area contributed by atoms with E-state index in [0.717, 1.165) is 24.2 Å². The van der Waals surface area contributed by atoms with Gasteiger partial charge in [0, 0.05) is 19.0 Å². The van der Waals surface area contributed by atoms with E-state index in [9.17, 15) is 8.42 Å². The Morgan fingerprint density at radius 3 is 2.38 bits per heavy atom. The molecule has 0 saturated carbocycles. The molecule has 152 valence electrons. The van der Waals surface area contributed by atoms with Crippen LogP contribution in [0.5, 0.6) is 0 Å². The fraction of sp³-hybridized carbons (Fsp3) is 0.278. The molecule has 11 heteroatoms. The van der Waals surface area contributed by atoms with E-state index in [0.29, 0.717) is 11.1 Å². The van der Waals surface area contributed by atoms with Crippen LogP contribution in [-0.2, 0) is 10.0 Å². The van der Waals surface area contributed by atoms with Crippen molar-refractivity contribution < 1.29 is 8.42 Å². The molecule has 4 rings (SSSR count). The molecule has 0 spiro atoms. The summed E-state index contributed by atoms with van der Waals surface area (Å²) in [6.07, 6.45) is 0. The average molecular weight is 414 g/mol. The number of H-pyrrole nitrogens is 1. The number of rotatable bonds is 4. The molecule has 10 nitrogen and oxygen atoms in total. The number of aromatic nitrogens is 4. The van der Waals surface area contributed by atoms with Gasteiger partial charge >= 0.3 is 0 Å². The van der Waals surface area contributed by atoms with Crippen molar-refractivity contribution in [3.8, 4) is 22.5 Å². The normalized spacial score (nSPS) is 22.5. The molecule has 1 aliphatic heterocycles. The number of hydrogen-bond donors (Lipinski definition) is 5. The van der Waals surface area contributed by atoms with Crippen molar-refractivity contribution in [2.75, 3.05) is 13.1 Å². The zero-order valence-electron chi connectivity index (χ0n) is 15.8. The summed E-state index contributed by atoms with van der Waals surface area (Å²) in [6.45, 7) is 3.41. The summed E-state index contributed by atoms with van der Waals surface area (Å²) in [4.78, 5) is -0.0524. The maximum atomic E-state index is 12.1. The van der Waals surface area contributed by atoms with Crippen molar-refractivity contribution in [2.24, 2.45) is 10.9 Å². The van der Waals surface area contributed by atoms with Crippen LogP contribution in [-0.4, -0.2) is 47.9 Å². The Labute approximate surface area is 168 Å². The van der Waals surface area contributed by atoms with Crippen LogP contribution in [0.3, 0.4) is 0 Å². The zero-order valence-corrected chi connectivity index (χ0v) is 16.6. The van der Waals surface area contributed by atoms with Crippen molar-refractivity contribution in [2.45, 2.75) is 23.5 Å². The predicted octanol–water partition coefficient (Wildman–Crippen LogP) is 0.0899. The minimum atomic E-state index is -3.98. The lowest BCUT2D eigenvalue weighted by Gasteiger charge is -2.37. The largest absolute Gasteiger partial charge is 0.301 e. The Kier molecular flexibility index (Phi) is 4.92.